The highest BCUT2D eigenvalue weighted by atomic mass is 16.6. The van der Waals surface area contributed by atoms with Crippen LogP contribution in [0.2, 0.25) is 0 Å². The van der Waals surface area contributed by atoms with Gasteiger partial charge in [0, 0.05) is 18.2 Å². The Morgan fingerprint density at radius 3 is 1.85 bits per heavy atom. The van der Waals surface area contributed by atoms with E-state index in [-0.39, 0.29) is 11.7 Å². The van der Waals surface area contributed by atoms with E-state index in [1.165, 1.54) is 27.4 Å². The largest absolute Gasteiger partial charge is 0.496 e. The molecule has 34 heavy (non-hydrogen) atoms. The molecule has 0 atom stereocenters. The second-order valence-electron chi connectivity index (χ2n) is 6.97. The Labute approximate surface area is 196 Å². The summed E-state index contributed by atoms with van der Waals surface area (Å²) in [4.78, 5) is 12.8. The van der Waals surface area contributed by atoms with E-state index in [1.807, 2.05) is 30.3 Å². The Bertz CT molecular complexity index is 1220. The molecule has 8 heteroatoms. The summed E-state index contributed by atoms with van der Waals surface area (Å²) in [6.45, 7) is 0. The highest BCUT2D eigenvalue weighted by molar-refractivity contribution is 6.04. The number of nitrogens with one attached hydrogen (secondary N) is 1. The average Bonchev–Trinajstić information content (AvgIpc) is 3.34. The average molecular weight is 461 g/mol. The first-order valence-electron chi connectivity index (χ1n) is 10.3. The summed E-state index contributed by atoms with van der Waals surface area (Å²) < 4.78 is 33.0. The minimum Gasteiger partial charge on any atom is -0.496 e. The van der Waals surface area contributed by atoms with Gasteiger partial charge in [-0.3, -0.25) is 4.79 Å². The number of ether oxygens (including phenoxy) is 5. The molecule has 0 aliphatic carbocycles. The number of anilines is 1. The number of para-hydroxylation sites is 1. The standard InChI is InChI=1S/C26H23NO7/c1-29-20-15-22(30-2)25(23(16-20)31-3)27-26(28)21-13-14-24(34-21)33-19-11-9-18(10-12-19)32-17-7-5-4-6-8-17/h4-16H,1-3H3,(H,27,28). The van der Waals surface area contributed by atoms with Crippen molar-refractivity contribution in [1.29, 1.82) is 0 Å². The van der Waals surface area contributed by atoms with Crippen LogP contribution >= 0.6 is 0 Å². The van der Waals surface area contributed by atoms with Crippen LogP contribution in [-0.4, -0.2) is 27.2 Å². The lowest BCUT2D eigenvalue weighted by Gasteiger charge is -2.15. The molecule has 0 spiro atoms. The highest BCUT2D eigenvalue weighted by Gasteiger charge is 2.19. The molecule has 8 nitrogen and oxygen atoms in total. The van der Waals surface area contributed by atoms with E-state index in [0.717, 1.165) is 5.75 Å². The molecule has 4 aromatic rings. The fourth-order valence-electron chi connectivity index (χ4n) is 3.12. The topological polar surface area (TPSA) is 88.4 Å². The number of hydrogen-bond donors (Lipinski definition) is 1. The van der Waals surface area contributed by atoms with Crippen molar-refractivity contribution in [3.05, 3.63) is 84.6 Å². The summed E-state index contributed by atoms with van der Waals surface area (Å²) >= 11 is 0. The third-order valence-electron chi connectivity index (χ3n) is 4.78. The van der Waals surface area contributed by atoms with Gasteiger partial charge in [0.15, 0.2) is 5.76 Å². The molecule has 4 rings (SSSR count). The van der Waals surface area contributed by atoms with Crippen LogP contribution in [0.4, 0.5) is 5.69 Å². The van der Waals surface area contributed by atoms with E-state index >= 15 is 0 Å². The van der Waals surface area contributed by atoms with E-state index < -0.39 is 5.91 Å². The van der Waals surface area contributed by atoms with Gasteiger partial charge in [-0.05, 0) is 42.5 Å². The Balaban J connectivity index is 1.43. The van der Waals surface area contributed by atoms with Crippen molar-refractivity contribution in [3.63, 3.8) is 0 Å². The van der Waals surface area contributed by atoms with E-state index in [4.69, 9.17) is 28.1 Å². The van der Waals surface area contributed by atoms with E-state index in [2.05, 4.69) is 5.32 Å². The highest BCUT2D eigenvalue weighted by Crippen LogP contribution is 2.39. The molecular weight excluding hydrogens is 438 g/mol. The van der Waals surface area contributed by atoms with Crippen molar-refractivity contribution in [2.45, 2.75) is 0 Å². The fourth-order valence-corrected chi connectivity index (χ4v) is 3.12. The van der Waals surface area contributed by atoms with E-state index in [0.29, 0.717) is 34.4 Å². The number of hydrogen-bond acceptors (Lipinski definition) is 7. The fraction of sp³-hybridized carbons (Fsp3) is 0.115. The number of benzene rings is 3. The summed E-state index contributed by atoms with van der Waals surface area (Å²) in [5.41, 5.74) is 0.351. The van der Waals surface area contributed by atoms with Gasteiger partial charge >= 0.3 is 0 Å². The maximum absolute atomic E-state index is 12.8. The zero-order valence-electron chi connectivity index (χ0n) is 18.9. The van der Waals surface area contributed by atoms with Gasteiger partial charge in [0.1, 0.15) is 40.2 Å². The van der Waals surface area contributed by atoms with Crippen LogP contribution in [0.3, 0.4) is 0 Å². The Morgan fingerprint density at radius 1 is 0.676 bits per heavy atom. The minimum absolute atomic E-state index is 0.0546. The Hall–Kier alpha value is -4.59. The van der Waals surface area contributed by atoms with Gasteiger partial charge in [-0.2, -0.15) is 0 Å². The van der Waals surface area contributed by atoms with Gasteiger partial charge in [-0.15, -0.1) is 0 Å². The summed E-state index contributed by atoms with van der Waals surface area (Å²) in [6.07, 6.45) is 0. The maximum Gasteiger partial charge on any atom is 0.291 e. The molecule has 0 saturated carbocycles. The predicted octanol–water partition coefficient (Wildman–Crippen LogP) is 6.14. The van der Waals surface area contributed by atoms with Gasteiger partial charge in [0.25, 0.3) is 11.9 Å². The molecule has 1 heterocycles. The van der Waals surface area contributed by atoms with Gasteiger partial charge < -0.3 is 33.4 Å². The van der Waals surface area contributed by atoms with Crippen LogP contribution in [0.5, 0.6) is 40.4 Å². The SMILES string of the molecule is COc1cc(OC)c(NC(=O)c2ccc(Oc3ccc(Oc4ccccc4)cc3)o2)c(OC)c1. The lowest BCUT2D eigenvalue weighted by atomic mass is 10.2. The van der Waals surface area contributed by atoms with Crippen molar-refractivity contribution in [2.24, 2.45) is 0 Å². The van der Waals surface area contributed by atoms with Gasteiger partial charge in [0.2, 0.25) is 0 Å². The van der Waals surface area contributed by atoms with Crippen molar-refractivity contribution in [1.82, 2.24) is 0 Å². The quantitative estimate of drug-likeness (QED) is 0.320. The molecule has 0 radical (unpaired) electrons. The number of amides is 1. The lowest BCUT2D eigenvalue weighted by Crippen LogP contribution is -2.13. The summed E-state index contributed by atoms with van der Waals surface area (Å²) in [7, 11) is 4.50. The number of methoxy groups -OCH3 is 3. The predicted molar refractivity (Wildman–Crippen MR) is 126 cm³/mol. The van der Waals surface area contributed by atoms with Gasteiger partial charge in [-0.25, -0.2) is 0 Å². The smallest absolute Gasteiger partial charge is 0.291 e. The molecule has 1 aromatic heterocycles. The third kappa shape index (κ3) is 5.24. The summed E-state index contributed by atoms with van der Waals surface area (Å²) in [5.74, 6) is 2.94. The molecule has 0 unspecified atom stereocenters. The van der Waals surface area contributed by atoms with Gasteiger partial charge in [-0.1, -0.05) is 18.2 Å². The van der Waals surface area contributed by atoms with E-state index in [9.17, 15) is 4.79 Å². The molecule has 0 aliphatic rings. The maximum atomic E-state index is 12.8. The molecule has 0 fully saturated rings. The summed E-state index contributed by atoms with van der Waals surface area (Å²) in [6, 6.07) is 22.9. The first-order valence-corrected chi connectivity index (χ1v) is 10.3. The van der Waals surface area contributed by atoms with Crippen LogP contribution in [0.15, 0.2) is 83.3 Å². The first kappa shape index (κ1) is 22.6. The molecule has 3 aromatic carbocycles. The van der Waals surface area contributed by atoms with Crippen molar-refractivity contribution < 1.29 is 32.9 Å². The zero-order valence-corrected chi connectivity index (χ0v) is 18.9. The van der Waals surface area contributed by atoms with Crippen molar-refractivity contribution in [3.8, 4) is 40.4 Å². The zero-order chi connectivity index (χ0) is 23.9. The molecule has 0 saturated heterocycles. The second kappa shape index (κ2) is 10.4. The number of rotatable bonds is 9. The van der Waals surface area contributed by atoms with Crippen LogP contribution in [0.1, 0.15) is 10.6 Å². The lowest BCUT2D eigenvalue weighted by molar-refractivity contribution is 0.0991. The number of carbonyl (C=O) groups excluding carboxylic acids is 1. The first-order chi connectivity index (χ1) is 16.6. The van der Waals surface area contributed by atoms with Gasteiger partial charge in [0.05, 0.1) is 21.3 Å². The normalized spacial score (nSPS) is 10.3. The van der Waals surface area contributed by atoms with Crippen molar-refractivity contribution >= 4 is 11.6 Å². The third-order valence-corrected chi connectivity index (χ3v) is 4.78. The molecule has 0 aliphatic heterocycles. The molecular formula is C26H23NO7. The monoisotopic (exact) mass is 461 g/mol. The molecule has 1 amide bonds. The van der Waals surface area contributed by atoms with E-state index in [1.54, 1.807) is 42.5 Å². The van der Waals surface area contributed by atoms with Crippen LogP contribution in [0, 0.1) is 0 Å². The number of furan rings is 1. The second-order valence-corrected chi connectivity index (χ2v) is 6.97. The number of carbonyl (C=O) groups is 1. The Kier molecular flexibility index (Phi) is 6.88. The minimum atomic E-state index is -0.497. The molecule has 0 bridgehead atoms. The molecule has 174 valence electrons. The van der Waals surface area contributed by atoms with Crippen LogP contribution in [0.25, 0.3) is 0 Å². The van der Waals surface area contributed by atoms with Crippen molar-refractivity contribution in [2.75, 3.05) is 26.6 Å². The molecule has 1 N–H and O–H groups in total. The van der Waals surface area contributed by atoms with Crippen LogP contribution in [-0.2, 0) is 0 Å². The Morgan fingerprint density at radius 2 is 1.26 bits per heavy atom. The van der Waals surface area contributed by atoms with Crippen LogP contribution < -0.4 is 29.0 Å². The summed E-state index contributed by atoms with van der Waals surface area (Å²) in [5, 5.41) is 2.75.